The third kappa shape index (κ3) is 7.15. The molecule has 0 saturated carbocycles. The minimum Gasteiger partial charge on any atom is -0.383 e. The average Bonchev–Trinajstić information content (AvgIpc) is 2.35. The highest BCUT2D eigenvalue weighted by atomic mass is 35.5. The predicted molar refractivity (Wildman–Crippen MR) is 81.2 cm³/mol. The quantitative estimate of drug-likeness (QED) is 0.757. The maximum atomic E-state index is 11.6. The van der Waals surface area contributed by atoms with E-state index in [0.717, 1.165) is 5.69 Å². The number of rotatable bonds is 7. The van der Waals surface area contributed by atoms with Gasteiger partial charge in [0, 0.05) is 19.3 Å². The molecule has 0 unspecified atom stereocenters. The van der Waals surface area contributed by atoms with E-state index in [-0.39, 0.29) is 18.3 Å². The first-order valence-electron chi connectivity index (χ1n) is 6.23. The van der Waals surface area contributed by atoms with E-state index in [9.17, 15) is 4.79 Å². The topological polar surface area (TPSA) is 50.4 Å². The molecular formula is C14H23ClN2O2. The maximum Gasteiger partial charge on any atom is 0.238 e. The Balaban J connectivity index is 0.00000324. The number of carbonyl (C=O) groups excluding carboxylic acids is 1. The van der Waals surface area contributed by atoms with Crippen molar-refractivity contribution in [1.29, 1.82) is 0 Å². The molecule has 1 amide bonds. The standard InChI is InChI=1S/C14H22N2O2.ClH/c1-11(2)12-4-6-13(7-5-12)16-14(17)10-15-8-9-18-3;/h4-7,11,15H,8-10H2,1-3H3,(H,16,17);1H. The van der Waals surface area contributed by atoms with Gasteiger partial charge in [-0.2, -0.15) is 0 Å². The average molecular weight is 287 g/mol. The number of benzene rings is 1. The van der Waals surface area contributed by atoms with E-state index in [1.807, 2.05) is 24.3 Å². The lowest BCUT2D eigenvalue weighted by atomic mass is 10.0. The first-order valence-corrected chi connectivity index (χ1v) is 6.23. The lowest BCUT2D eigenvalue weighted by Gasteiger charge is -2.09. The van der Waals surface area contributed by atoms with Gasteiger partial charge in [-0.05, 0) is 23.6 Å². The van der Waals surface area contributed by atoms with E-state index in [4.69, 9.17) is 4.74 Å². The van der Waals surface area contributed by atoms with Crippen molar-refractivity contribution in [3.05, 3.63) is 29.8 Å². The van der Waals surface area contributed by atoms with Gasteiger partial charge in [0.2, 0.25) is 5.91 Å². The third-order valence-electron chi connectivity index (χ3n) is 2.63. The number of amides is 1. The van der Waals surface area contributed by atoms with Crippen molar-refractivity contribution >= 4 is 24.0 Å². The summed E-state index contributed by atoms with van der Waals surface area (Å²) in [5.41, 5.74) is 2.10. The van der Waals surface area contributed by atoms with E-state index < -0.39 is 0 Å². The van der Waals surface area contributed by atoms with Gasteiger partial charge >= 0.3 is 0 Å². The molecule has 2 N–H and O–H groups in total. The highest BCUT2D eigenvalue weighted by Gasteiger charge is 2.02. The van der Waals surface area contributed by atoms with E-state index in [0.29, 0.717) is 25.6 Å². The van der Waals surface area contributed by atoms with Crippen LogP contribution in [0.15, 0.2) is 24.3 Å². The van der Waals surface area contributed by atoms with Crippen LogP contribution in [0, 0.1) is 0 Å². The van der Waals surface area contributed by atoms with Crippen LogP contribution in [0.2, 0.25) is 0 Å². The summed E-state index contributed by atoms with van der Waals surface area (Å²) in [6.45, 7) is 5.88. The number of anilines is 1. The summed E-state index contributed by atoms with van der Waals surface area (Å²) in [7, 11) is 1.64. The summed E-state index contributed by atoms with van der Waals surface area (Å²) in [5.74, 6) is 0.467. The van der Waals surface area contributed by atoms with Crippen LogP contribution in [0.5, 0.6) is 0 Å². The Morgan fingerprint density at radius 2 is 1.89 bits per heavy atom. The molecule has 5 heteroatoms. The molecule has 4 nitrogen and oxygen atoms in total. The van der Waals surface area contributed by atoms with Crippen molar-refractivity contribution < 1.29 is 9.53 Å². The van der Waals surface area contributed by atoms with Gasteiger partial charge in [-0.15, -0.1) is 12.4 Å². The minimum absolute atomic E-state index is 0. The second-order valence-electron chi connectivity index (χ2n) is 4.49. The summed E-state index contributed by atoms with van der Waals surface area (Å²) in [4.78, 5) is 11.6. The number of carbonyl (C=O) groups is 1. The van der Waals surface area contributed by atoms with Crippen LogP contribution in [0.3, 0.4) is 0 Å². The van der Waals surface area contributed by atoms with Crippen molar-refractivity contribution in [2.24, 2.45) is 0 Å². The molecule has 1 aromatic carbocycles. The lowest BCUT2D eigenvalue weighted by Crippen LogP contribution is -2.30. The molecule has 1 aromatic rings. The Hall–Kier alpha value is -1.10. The van der Waals surface area contributed by atoms with Crippen LogP contribution in [-0.4, -0.2) is 32.7 Å². The van der Waals surface area contributed by atoms with Gasteiger partial charge in [-0.3, -0.25) is 4.79 Å². The van der Waals surface area contributed by atoms with Crippen molar-refractivity contribution in [3.63, 3.8) is 0 Å². The van der Waals surface area contributed by atoms with E-state index in [1.165, 1.54) is 5.56 Å². The van der Waals surface area contributed by atoms with Crippen LogP contribution >= 0.6 is 12.4 Å². The maximum absolute atomic E-state index is 11.6. The van der Waals surface area contributed by atoms with Gasteiger partial charge in [-0.1, -0.05) is 26.0 Å². The SMILES string of the molecule is COCCNCC(=O)Nc1ccc(C(C)C)cc1.Cl. The monoisotopic (exact) mass is 286 g/mol. The molecule has 0 aliphatic rings. The molecule has 0 aliphatic heterocycles. The second-order valence-corrected chi connectivity index (χ2v) is 4.49. The van der Waals surface area contributed by atoms with Crippen molar-refractivity contribution in [3.8, 4) is 0 Å². The van der Waals surface area contributed by atoms with E-state index >= 15 is 0 Å². The number of ether oxygens (including phenoxy) is 1. The molecule has 108 valence electrons. The first-order chi connectivity index (χ1) is 8.63. The van der Waals surface area contributed by atoms with Gasteiger partial charge in [-0.25, -0.2) is 0 Å². The Morgan fingerprint density at radius 3 is 2.42 bits per heavy atom. The fourth-order valence-electron chi connectivity index (χ4n) is 1.53. The zero-order valence-electron chi connectivity index (χ0n) is 11.7. The van der Waals surface area contributed by atoms with Crippen LogP contribution in [0.1, 0.15) is 25.3 Å². The third-order valence-corrected chi connectivity index (χ3v) is 2.63. The second kappa shape index (κ2) is 9.78. The van der Waals surface area contributed by atoms with E-state index in [2.05, 4.69) is 24.5 Å². The van der Waals surface area contributed by atoms with Gasteiger partial charge in [0.15, 0.2) is 0 Å². The van der Waals surface area contributed by atoms with Crippen LogP contribution < -0.4 is 10.6 Å². The Morgan fingerprint density at radius 1 is 1.26 bits per heavy atom. The highest BCUT2D eigenvalue weighted by molar-refractivity contribution is 5.92. The predicted octanol–water partition coefficient (Wildman–Crippen LogP) is 2.41. The first kappa shape index (κ1) is 17.9. The van der Waals surface area contributed by atoms with Crippen LogP contribution in [0.25, 0.3) is 0 Å². The molecule has 0 saturated heterocycles. The van der Waals surface area contributed by atoms with Gasteiger partial charge in [0.25, 0.3) is 0 Å². The largest absolute Gasteiger partial charge is 0.383 e. The Bertz CT molecular complexity index is 366. The molecule has 19 heavy (non-hydrogen) atoms. The van der Waals surface area contributed by atoms with Crippen molar-refractivity contribution in [2.75, 3.05) is 32.1 Å². The number of halogens is 1. The molecule has 0 fully saturated rings. The number of hydrogen-bond acceptors (Lipinski definition) is 3. The Labute approximate surface area is 121 Å². The lowest BCUT2D eigenvalue weighted by molar-refractivity contribution is -0.115. The molecule has 1 rings (SSSR count). The molecule has 0 radical (unpaired) electrons. The normalized spacial score (nSPS) is 10.1. The minimum atomic E-state index is -0.0385. The summed E-state index contributed by atoms with van der Waals surface area (Å²) in [6.07, 6.45) is 0. The van der Waals surface area contributed by atoms with Crippen LogP contribution in [0.4, 0.5) is 5.69 Å². The fraction of sp³-hybridized carbons (Fsp3) is 0.500. The number of nitrogens with one attached hydrogen (secondary N) is 2. The summed E-state index contributed by atoms with van der Waals surface area (Å²) in [6, 6.07) is 7.95. The summed E-state index contributed by atoms with van der Waals surface area (Å²) in [5, 5.41) is 5.84. The molecule has 0 heterocycles. The fourth-order valence-corrected chi connectivity index (χ4v) is 1.53. The number of hydrogen-bond donors (Lipinski definition) is 2. The van der Waals surface area contributed by atoms with E-state index in [1.54, 1.807) is 7.11 Å². The summed E-state index contributed by atoms with van der Waals surface area (Å²) >= 11 is 0. The molecule has 0 spiro atoms. The van der Waals surface area contributed by atoms with Crippen molar-refractivity contribution in [1.82, 2.24) is 5.32 Å². The smallest absolute Gasteiger partial charge is 0.238 e. The van der Waals surface area contributed by atoms with Crippen LogP contribution in [-0.2, 0) is 9.53 Å². The molecule has 0 atom stereocenters. The van der Waals surface area contributed by atoms with Gasteiger partial charge in [0.1, 0.15) is 0 Å². The van der Waals surface area contributed by atoms with Crippen molar-refractivity contribution in [2.45, 2.75) is 19.8 Å². The zero-order chi connectivity index (χ0) is 13.4. The molecular weight excluding hydrogens is 264 g/mol. The summed E-state index contributed by atoms with van der Waals surface area (Å²) < 4.78 is 4.88. The molecule has 0 aliphatic carbocycles. The highest BCUT2D eigenvalue weighted by Crippen LogP contribution is 2.16. The zero-order valence-corrected chi connectivity index (χ0v) is 12.5. The van der Waals surface area contributed by atoms with Gasteiger partial charge < -0.3 is 15.4 Å². The van der Waals surface area contributed by atoms with Gasteiger partial charge in [0.05, 0.1) is 13.2 Å². The molecule has 0 aromatic heterocycles. The number of methoxy groups -OCH3 is 1. The Kier molecular flexibility index (Phi) is 9.21. The molecule has 0 bridgehead atoms.